The standard InChI is InChI=1S/C13H15N5/c1-18-8-17-13(12(18)4-5-14)9-2-3-10-11(6-9)16-7-15-10/h2-3,6-8H,4-5,14H2,1H3,(H,15,16). The van der Waals surface area contributed by atoms with E-state index in [0.717, 1.165) is 34.4 Å². The summed E-state index contributed by atoms with van der Waals surface area (Å²) >= 11 is 0. The first-order chi connectivity index (χ1) is 8.79. The number of H-pyrrole nitrogens is 1. The Morgan fingerprint density at radius 3 is 3.06 bits per heavy atom. The van der Waals surface area contributed by atoms with E-state index in [0.29, 0.717) is 6.54 Å². The van der Waals surface area contributed by atoms with Gasteiger partial charge in [0.15, 0.2) is 0 Å². The Balaban J connectivity index is 2.13. The third kappa shape index (κ3) is 1.69. The second-order valence-corrected chi connectivity index (χ2v) is 4.32. The maximum absolute atomic E-state index is 5.65. The van der Waals surface area contributed by atoms with E-state index in [-0.39, 0.29) is 0 Å². The number of aryl methyl sites for hydroxylation is 1. The summed E-state index contributed by atoms with van der Waals surface area (Å²) in [7, 11) is 2.00. The van der Waals surface area contributed by atoms with Crippen LogP contribution in [0.2, 0.25) is 0 Å². The van der Waals surface area contributed by atoms with Gasteiger partial charge in [-0.3, -0.25) is 0 Å². The summed E-state index contributed by atoms with van der Waals surface area (Å²) < 4.78 is 2.03. The lowest BCUT2D eigenvalue weighted by Crippen LogP contribution is -2.07. The van der Waals surface area contributed by atoms with Gasteiger partial charge in [-0.2, -0.15) is 0 Å². The van der Waals surface area contributed by atoms with E-state index in [2.05, 4.69) is 21.0 Å². The molecule has 2 aromatic heterocycles. The Bertz CT molecular complexity index is 680. The monoisotopic (exact) mass is 241 g/mol. The topological polar surface area (TPSA) is 72.5 Å². The summed E-state index contributed by atoms with van der Waals surface area (Å²) in [4.78, 5) is 11.8. The van der Waals surface area contributed by atoms with Gasteiger partial charge in [-0.25, -0.2) is 9.97 Å². The summed E-state index contributed by atoms with van der Waals surface area (Å²) in [5, 5.41) is 0. The zero-order valence-electron chi connectivity index (χ0n) is 10.2. The number of hydrogen-bond acceptors (Lipinski definition) is 3. The van der Waals surface area contributed by atoms with Crippen molar-refractivity contribution in [2.45, 2.75) is 6.42 Å². The van der Waals surface area contributed by atoms with Gasteiger partial charge in [-0.05, 0) is 18.7 Å². The van der Waals surface area contributed by atoms with Crippen molar-refractivity contribution in [2.75, 3.05) is 6.54 Å². The number of nitrogens with zero attached hydrogens (tertiary/aromatic N) is 3. The molecule has 1 aromatic carbocycles. The third-order valence-electron chi connectivity index (χ3n) is 3.13. The van der Waals surface area contributed by atoms with Crippen LogP contribution in [0, 0.1) is 0 Å². The molecule has 3 rings (SSSR count). The summed E-state index contributed by atoms with van der Waals surface area (Å²) in [5.41, 5.74) is 10.9. The van der Waals surface area contributed by atoms with Crippen molar-refractivity contribution in [1.29, 1.82) is 0 Å². The van der Waals surface area contributed by atoms with E-state index in [1.54, 1.807) is 6.33 Å². The number of benzene rings is 1. The Kier molecular flexibility index (Phi) is 2.60. The number of nitrogens with two attached hydrogens (primary N) is 1. The van der Waals surface area contributed by atoms with E-state index < -0.39 is 0 Å². The predicted molar refractivity (Wildman–Crippen MR) is 71.1 cm³/mol. The smallest absolute Gasteiger partial charge is 0.0953 e. The van der Waals surface area contributed by atoms with Gasteiger partial charge in [0.05, 0.1) is 29.4 Å². The normalized spacial score (nSPS) is 11.2. The van der Waals surface area contributed by atoms with Gasteiger partial charge in [-0.1, -0.05) is 6.07 Å². The number of fused-ring (bicyclic) bond motifs is 1. The fourth-order valence-electron chi connectivity index (χ4n) is 2.21. The number of nitrogens with one attached hydrogen (secondary N) is 1. The van der Waals surface area contributed by atoms with E-state index in [4.69, 9.17) is 5.73 Å². The maximum atomic E-state index is 5.65. The average Bonchev–Trinajstić information content (AvgIpc) is 2.97. The lowest BCUT2D eigenvalue weighted by molar-refractivity contribution is 0.805. The quantitative estimate of drug-likeness (QED) is 0.729. The largest absolute Gasteiger partial charge is 0.345 e. The van der Waals surface area contributed by atoms with Crippen molar-refractivity contribution in [3.05, 3.63) is 36.5 Å². The molecule has 0 atom stereocenters. The molecule has 3 N–H and O–H groups in total. The Morgan fingerprint density at radius 2 is 2.22 bits per heavy atom. The minimum absolute atomic E-state index is 0.624. The first-order valence-corrected chi connectivity index (χ1v) is 5.93. The Hall–Kier alpha value is -2.14. The zero-order chi connectivity index (χ0) is 12.5. The van der Waals surface area contributed by atoms with Crippen LogP contribution in [0.25, 0.3) is 22.3 Å². The zero-order valence-corrected chi connectivity index (χ0v) is 10.2. The highest BCUT2D eigenvalue weighted by atomic mass is 15.0. The molecule has 0 fully saturated rings. The summed E-state index contributed by atoms with van der Waals surface area (Å²) in [6.07, 6.45) is 4.36. The van der Waals surface area contributed by atoms with Crippen LogP contribution in [0.3, 0.4) is 0 Å². The molecular weight excluding hydrogens is 226 g/mol. The first-order valence-electron chi connectivity index (χ1n) is 5.93. The van der Waals surface area contributed by atoms with Crippen LogP contribution in [-0.2, 0) is 13.5 Å². The van der Waals surface area contributed by atoms with Crippen molar-refractivity contribution in [2.24, 2.45) is 12.8 Å². The lowest BCUT2D eigenvalue weighted by Gasteiger charge is -2.04. The highest BCUT2D eigenvalue weighted by Gasteiger charge is 2.11. The summed E-state index contributed by atoms with van der Waals surface area (Å²) in [6.45, 7) is 0.624. The lowest BCUT2D eigenvalue weighted by atomic mass is 10.1. The van der Waals surface area contributed by atoms with Gasteiger partial charge in [0.25, 0.3) is 0 Å². The van der Waals surface area contributed by atoms with Crippen molar-refractivity contribution in [3.8, 4) is 11.3 Å². The molecule has 2 heterocycles. The van der Waals surface area contributed by atoms with Crippen LogP contribution in [0.4, 0.5) is 0 Å². The predicted octanol–water partition coefficient (Wildman–Crippen LogP) is 1.46. The fourth-order valence-corrected chi connectivity index (χ4v) is 2.21. The molecule has 3 aromatic rings. The van der Waals surface area contributed by atoms with Gasteiger partial charge in [0, 0.05) is 24.7 Å². The summed E-state index contributed by atoms with van der Waals surface area (Å²) in [6, 6.07) is 6.12. The van der Waals surface area contributed by atoms with Crippen LogP contribution in [0.1, 0.15) is 5.69 Å². The van der Waals surface area contributed by atoms with Crippen LogP contribution in [0.15, 0.2) is 30.9 Å². The van der Waals surface area contributed by atoms with Crippen molar-refractivity contribution in [3.63, 3.8) is 0 Å². The Labute approximate surface area is 105 Å². The van der Waals surface area contributed by atoms with Gasteiger partial charge in [0.2, 0.25) is 0 Å². The van der Waals surface area contributed by atoms with Crippen molar-refractivity contribution < 1.29 is 0 Å². The molecule has 0 amide bonds. The molecule has 0 radical (unpaired) electrons. The molecule has 0 saturated heterocycles. The van der Waals surface area contributed by atoms with Crippen molar-refractivity contribution in [1.82, 2.24) is 19.5 Å². The molecule has 0 unspecified atom stereocenters. The minimum atomic E-state index is 0.624. The van der Waals surface area contributed by atoms with Crippen LogP contribution in [0.5, 0.6) is 0 Å². The van der Waals surface area contributed by atoms with Crippen LogP contribution < -0.4 is 5.73 Å². The highest BCUT2D eigenvalue weighted by Crippen LogP contribution is 2.24. The van der Waals surface area contributed by atoms with E-state index >= 15 is 0 Å². The molecule has 0 aliphatic heterocycles. The van der Waals surface area contributed by atoms with Crippen molar-refractivity contribution >= 4 is 11.0 Å². The molecule has 5 nitrogen and oxygen atoms in total. The molecule has 5 heteroatoms. The van der Waals surface area contributed by atoms with E-state index in [1.165, 1.54) is 0 Å². The maximum Gasteiger partial charge on any atom is 0.0953 e. The molecule has 0 aliphatic carbocycles. The Morgan fingerprint density at radius 1 is 1.33 bits per heavy atom. The number of aromatic amines is 1. The van der Waals surface area contributed by atoms with Gasteiger partial charge in [0.1, 0.15) is 0 Å². The molecular formula is C13H15N5. The van der Waals surface area contributed by atoms with Gasteiger partial charge >= 0.3 is 0 Å². The highest BCUT2D eigenvalue weighted by molar-refractivity contribution is 5.81. The molecule has 18 heavy (non-hydrogen) atoms. The average molecular weight is 241 g/mol. The third-order valence-corrected chi connectivity index (χ3v) is 3.13. The minimum Gasteiger partial charge on any atom is -0.345 e. The first kappa shape index (κ1) is 11.0. The second kappa shape index (κ2) is 4.27. The number of rotatable bonds is 3. The molecule has 0 bridgehead atoms. The van der Waals surface area contributed by atoms with Crippen LogP contribution in [-0.4, -0.2) is 26.1 Å². The number of hydrogen-bond donors (Lipinski definition) is 2. The molecule has 0 saturated carbocycles. The second-order valence-electron chi connectivity index (χ2n) is 4.32. The number of imidazole rings is 2. The molecule has 92 valence electrons. The van der Waals surface area contributed by atoms with E-state index in [1.807, 2.05) is 30.1 Å². The number of aromatic nitrogens is 4. The summed E-state index contributed by atoms with van der Waals surface area (Å²) in [5.74, 6) is 0. The fraction of sp³-hybridized carbons (Fsp3) is 0.231. The molecule has 0 aliphatic rings. The van der Waals surface area contributed by atoms with E-state index in [9.17, 15) is 0 Å². The molecule has 0 spiro atoms. The van der Waals surface area contributed by atoms with Crippen LogP contribution >= 0.6 is 0 Å². The van der Waals surface area contributed by atoms with Gasteiger partial charge in [-0.15, -0.1) is 0 Å². The SMILES string of the molecule is Cn1cnc(-c2ccc3nc[nH]c3c2)c1CCN. The van der Waals surface area contributed by atoms with Gasteiger partial charge < -0.3 is 15.3 Å².